The molecular formula is C8H11N3OS. The third-order valence-corrected chi connectivity index (χ3v) is 3.03. The van der Waals surface area contributed by atoms with Crippen molar-refractivity contribution in [3.8, 4) is 0 Å². The standard InChI is InChI=1S/C8H11N3OS/c9-5-1-2-6(12)11-7(5)8-10-3-4-13-8/h3-5,7H,1-2,9H2,(H,11,12). The average molecular weight is 197 g/mol. The molecule has 2 rings (SSSR count). The Morgan fingerprint density at radius 3 is 3.23 bits per heavy atom. The quantitative estimate of drug-likeness (QED) is 0.685. The van der Waals surface area contributed by atoms with Crippen LogP contribution in [0.3, 0.4) is 0 Å². The van der Waals surface area contributed by atoms with Gasteiger partial charge in [0.2, 0.25) is 5.91 Å². The van der Waals surface area contributed by atoms with Gasteiger partial charge in [0.05, 0.1) is 6.04 Å². The minimum absolute atomic E-state index is 0.00356. The highest BCUT2D eigenvalue weighted by molar-refractivity contribution is 7.09. The highest BCUT2D eigenvalue weighted by Crippen LogP contribution is 2.23. The maximum Gasteiger partial charge on any atom is 0.220 e. The monoisotopic (exact) mass is 197 g/mol. The van der Waals surface area contributed by atoms with E-state index in [0.717, 1.165) is 11.4 Å². The van der Waals surface area contributed by atoms with E-state index in [-0.39, 0.29) is 18.0 Å². The Kier molecular flexibility index (Phi) is 2.28. The molecule has 1 aromatic heterocycles. The predicted octanol–water partition coefficient (Wildman–Crippen LogP) is 0.421. The Hall–Kier alpha value is -0.940. The summed E-state index contributed by atoms with van der Waals surface area (Å²) in [6, 6.07) is -0.0786. The lowest BCUT2D eigenvalue weighted by atomic mass is 9.99. The number of nitrogens with zero attached hydrogens (tertiary/aromatic N) is 1. The first-order valence-electron chi connectivity index (χ1n) is 4.21. The first-order valence-corrected chi connectivity index (χ1v) is 5.09. The fourth-order valence-electron chi connectivity index (χ4n) is 1.45. The molecule has 0 aromatic carbocycles. The number of rotatable bonds is 1. The topological polar surface area (TPSA) is 68.0 Å². The van der Waals surface area contributed by atoms with Gasteiger partial charge in [-0.3, -0.25) is 4.79 Å². The molecule has 1 aliphatic rings. The molecule has 70 valence electrons. The summed E-state index contributed by atoms with van der Waals surface area (Å²) in [6.45, 7) is 0. The number of amides is 1. The lowest BCUT2D eigenvalue weighted by Gasteiger charge is -2.27. The second kappa shape index (κ2) is 3.43. The summed E-state index contributed by atoms with van der Waals surface area (Å²) in [5.41, 5.74) is 5.88. The molecule has 1 aliphatic heterocycles. The summed E-state index contributed by atoms with van der Waals surface area (Å²) < 4.78 is 0. The van der Waals surface area contributed by atoms with Gasteiger partial charge >= 0.3 is 0 Å². The molecule has 0 aliphatic carbocycles. The second-order valence-electron chi connectivity index (χ2n) is 3.12. The second-order valence-corrected chi connectivity index (χ2v) is 4.04. The minimum atomic E-state index is -0.0822. The molecule has 1 aromatic rings. The number of aromatic nitrogens is 1. The molecule has 3 N–H and O–H groups in total. The van der Waals surface area contributed by atoms with Gasteiger partial charge in [-0.15, -0.1) is 11.3 Å². The Morgan fingerprint density at radius 1 is 1.69 bits per heavy atom. The highest BCUT2D eigenvalue weighted by Gasteiger charge is 2.28. The molecule has 0 saturated carbocycles. The zero-order chi connectivity index (χ0) is 9.26. The predicted molar refractivity (Wildman–Crippen MR) is 50.2 cm³/mol. The van der Waals surface area contributed by atoms with Gasteiger partial charge in [-0.05, 0) is 6.42 Å². The van der Waals surface area contributed by atoms with Crippen molar-refractivity contribution in [3.05, 3.63) is 16.6 Å². The molecular weight excluding hydrogens is 186 g/mol. The Bertz CT molecular complexity index is 298. The molecule has 2 atom stereocenters. The van der Waals surface area contributed by atoms with E-state index >= 15 is 0 Å². The van der Waals surface area contributed by atoms with Crippen molar-refractivity contribution in [2.75, 3.05) is 0 Å². The molecule has 1 fully saturated rings. The number of hydrogen-bond acceptors (Lipinski definition) is 4. The maximum absolute atomic E-state index is 11.1. The van der Waals surface area contributed by atoms with Crippen molar-refractivity contribution in [3.63, 3.8) is 0 Å². The van der Waals surface area contributed by atoms with Crippen LogP contribution in [0.2, 0.25) is 0 Å². The Morgan fingerprint density at radius 2 is 2.54 bits per heavy atom. The van der Waals surface area contributed by atoms with Crippen molar-refractivity contribution in [2.24, 2.45) is 5.73 Å². The summed E-state index contributed by atoms with van der Waals surface area (Å²) in [7, 11) is 0. The molecule has 1 saturated heterocycles. The molecule has 13 heavy (non-hydrogen) atoms. The molecule has 1 amide bonds. The normalized spacial score (nSPS) is 28.5. The molecule has 4 nitrogen and oxygen atoms in total. The Balaban J connectivity index is 2.17. The van der Waals surface area contributed by atoms with Gasteiger partial charge in [0.15, 0.2) is 0 Å². The summed E-state index contributed by atoms with van der Waals surface area (Å²) in [5.74, 6) is 0.0712. The molecule has 2 heterocycles. The number of nitrogens with one attached hydrogen (secondary N) is 1. The van der Waals surface area contributed by atoms with Crippen LogP contribution in [0.5, 0.6) is 0 Å². The number of nitrogens with two attached hydrogens (primary N) is 1. The van der Waals surface area contributed by atoms with Crippen LogP contribution in [0.1, 0.15) is 23.9 Å². The van der Waals surface area contributed by atoms with Crippen molar-refractivity contribution in [2.45, 2.75) is 24.9 Å². The lowest BCUT2D eigenvalue weighted by molar-refractivity contribution is -0.123. The first-order chi connectivity index (χ1) is 6.27. The summed E-state index contributed by atoms with van der Waals surface area (Å²) in [4.78, 5) is 15.3. The molecule has 0 radical (unpaired) electrons. The van der Waals surface area contributed by atoms with E-state index in [1.54, 1.807) is 6.20 Å². The number of hydrogen-bond donors (Lipinski definition) is 2. The van der Waals surface area contributed by atoms with Crippen LogP contribution in [-0.2, 0) is 4.79 Å². The first kappa shape index (κ1) is 8.65. The number of carbonyl (C=O) groups excluding carboxylic acids is 1. The van der Waals surface area contributed by atoms with E-state index in [1.807, 2.05) is 5.38 Å². The summed E-state index contributed by atoms with van der Waals surface area (Å²) in [6.07, 6.45) is 3.01. The van der Waals surface area contributed by atoms with E-state index in [9.17, 15) is 4.79 Å². The van der Waals surface area contributed by atoms with Crippen molar-refractivity contribution < 1.29 is 4.79 Å². The highest BCUT2D eigenvalue weighted by atomic mass is 32.1. The average Bonchev–Trinajstić information content (AvgIpc) is 2.61. The van der Waals surface area contributed by atoms with Crippen molar-refractivity contribution in [1.82, 2.24) is 10.3 Å². The van der Waals surface area contributed by atoms with Gasteiger partial charge in [-0.1, -0.05) is 0 Å². The largest absolute Gasteiger partial charge is 0.345 e. The number of carbonyl (C=O) groups is 1. The fraction of sp³-hybridized carbons (Fsp3) is 0.500. The van der Waals surface area contributed by atoms with E-state index in [1.165, 1.54) is 11.3 Å². The number of piperidine rings is 1. The van der Waals surface area contributed by atoms with E-state index in [0.29, 0.717) is 6.42 Å². The fourth-order valence-corrected chi connectivity index (χ4v) is 2.21. The van der Waals surface area contributed by atoms with Gasteiger partial charge in [0, 0.05) is 24.0 Å². The third kappa shape index (κ3) is 1.71. The molecule has 0 bridgehead atoms. The third-order valence-electron chi connectivity index (χ3n) is 2.17. The zero-order valence-electron chi connectivity index (χ0n) is 7.06. The number of thiazole rings is 1. The van der Waals surface area contributed by atoms with Crippen LogP contribution in [0.25, 0.3) is 0 Å². The van der Waals surface area contributed by atoms with Crippen LogP contribution < -0.4 is 11.1 Å². The molecule has 2 unspecified atom stereocenters. The zero-order valence-corrected chi connectivity index (χ0v) is 7.88. The van der Waals surface area contributed by atoms with Gasteiger partial charge in [0.25, 0.3) is 0 Å². The van der Waals surface area contributed by atoms with Crippen LogP contribution >= 0.6 is 11.3 Å². The lowest BCUT2D eigenvalue weighted by Crippen LogP contribution is -2.45. The van der Waals surface area contributed by atoms with Crippen LogP contribution in [-0.4, -0.2) is 16.9 Å². The molecule has 5 heteroatoms. The maximum atomic E-state index is 11.1. The summed E-state index contributed by atoms with van der Waals surface area (Å²) in [5, 5.41) is 5.65. The van der Waals surface area contributed by atoms with Gasteiger partial charge in [-0.2, -0.15) is 0 Å². The van der Waals surface area contributed by atoms with E-state index in [2.05, 4.69) is 10.3 Å². The molecule has 0 spiro atoms. The minimum Gasteiger partial charge on any atom is -0.345 e. The van der Waals surface area contributed by atoms with Gasteiger partial charge < -0.3 is 11.1 Å². The summed E-state index contributed by atoms with van der Waals surface area (Å²) >= 11 is 1.53. The Labute approximate surface area is 80.2 Å². The van der Waals surface area contributed by atoms with E-state index in [4.69, 9.17) is 5.73 Å². The van der Waals surface area contributed by atoms with E-state index < -0.39 is 0 Å². The van der Waals surface area contributed by atoms with Crippen molar-refractivity contribution >= 4 is 17.2 Å². The van der Waals surface area contributed by atoms with Crippen LogP contribution in [0, 0.1) is 0 Å². The SMILES string of the molecule is NC1CCC(=O)NC1c1nccs1. The van der Waals surface area contributed by atoms with Crippen LogP contribution in [0.4, 0.5) is 0 Å². The van der Waals surface area contributed by atoms with Crippen molar-refractivity contribution in [1.29, 1.82) is 0 Å². The smallest absolute Gasteiger partial charge is 0.220 e. The van der Waals surface area contributed by atoms with Crippen LogP contribution in [0.15, 0.2) is 11.6 Å². The van der Waals surface area contributed by atoms with Gasteiger partial charge in [0.1, 0.15) is 5.01 Å². The van der Waals surface area contributed by atoms with Gasteiger partial charge in [-0.25, -0.2) is 4.98 Å².